The van der Waals surface area contributed by atoms with E-state index in [0.29, 0.717) is 28.6 Å². The SMILES string of the molecule is COc1cc(Br)c(O)c(C2(C(=O)O)CC2)c1. The summed E-state index contributed by atoms with van der Waals surface area (Å²) in [5.41, 5.74) is -0.507. The van der Waals surface area contributed by atoms with E-state index in [1.165, 1.54) is 7.11 Å². The third-order valence-corrected chi connectivity index (χ3v) is 3.55. The van der Waals surface area contributed by atoms with Gasteiger partial charge in [0, 0.05) is 5.56 Å². The molecule has 1 aromatic rings. The van der Waals surface area contributed by atoms with E-state index in [4.69, 9.17) is 9.84 Å². The van der Waals surface area contributed by atoms with Crippen molar-refractivity contribution < 1.29 is 19.7 Å². The second-order valence-corrected chi connectivity index (χ2v) is 4.75. The van der Waals surface area contributed by atoms with Crippen LogP contribution in [-0.2, 0) is 10.2 Å². The molecule has 4 nitrogen and oxygen atoms in total. The molecule has 0 spiro atoms. The van der Waals surface area contributed by atoms with Gasteiger partial charge in [0.15, 0.2) is 0 Å². The minimum Gasteiger partial charge on any atom is -0.506 e. The maximum Gasteiger partial charge on any atom is 0.314 e. The highest BCUT2D eigenvalue weighted by Crippen LogP contribution is 2.53. The van der Waals surface area contributed by atoms with Gasteiger partial charge in [-0.05, 0) is 40.9 Å². The van der Waals surface area contributed by atoms with Gasteiger partial charge in [0.25, 0.3) is 0 Å². The first-order valence-electron chi connectivity index (χ1n) is 4.81. The Morgan fingerprint density at radius 2 is 2.12 bits per heavy atom. The fourth-order valence-corrected chi connectivity index (χ4v) is 2.22. The molecule has 1 aromatic carbocycles. The van der Waals surface area contributed by atoms with Gasteiger partial charge in [-0.3, -0.25) is 4.79 Å². The number of phenols is 1. The van der Waals surface area contributed by atoms with Gasteiger partial charge in [-0.25, -0.2) is 0 Å². The van der Waals surface area contributed by atoms with E-state index in [1.807, 2.05) is 0 Å². The summed E-state index contributed by atoms with van der Waals surface area (Å²) in [7, 11) is 1.50. The highest BCUT2D eigenvalue weighted by atomic mass is 79.9. The van der Waals surface area contributed by atoms with Crippen molar-refractivity contribution in [1.82, 2.24) is 0 Å². The molecule has 0 radical (unpaired) electrons. The van der Waals surface area contributed by atoms with Gasteiger partial charge in [0.2, 0.25) is 0 Å². The monoisotopic (exact) mass is 286 g/mol. The molecular formula is C11H11BrO4. The molecule has 0 aliphatic heterocycles. The first-order valence-corrected chi connectivity index (χ1v) is 5.61. The normalized spacial score (nSPS) is 16.9. The Hall–Kier alpha value is -1.23. The number of aliphatic carboxylic acids is 1. The molecular weight excluding hydrogens is 276 g/mol. The number of benzene rings is 1. The second kappa shape index (κ2) is 3.66. The van der Waals surface area contributed by atoms with Crippen LogP contribution in [0.25, 0.3) is 0 Å². The molecule has 1 fully saturated rings. The molecule has 0 saturated heterocycles. The van der Waals surface area contributed by atoms with E-state index < -0.39 is 11.4 Å². The number of carboxylic acid groups (broad SMARTS) is 1. The Labute approximate surface area is 101 Å². The number of rotatable bonds is 3. The van der Waals surface area contributed by atoms with E-state index in [0.717, 1.165) is 0 Å². The van der Waals surface area contributed by atoms with Crippen LogP contribution in [0.2, 0.25) is 0 Å². The lowest BCUT2D eigenvalue weighted by Crippen LogP contribution is -2.19. The first-order chi connectivity index (χ1) is 7.51. The number of carboxylic acids is 1. The highest BCUT2D eigenvalue weighted by Gasteiger charge is 2.53. The average Bonchev–Trinajstić information content (AvgIpc) is 3.02. The second-order valence-electron chi connectivity index (χ2n) is 3.89. The van der Waals surface area contributed by atoms with Crippen LogP contribution >= 0.6 is 15.9 Å². The van der Waals surface area contributed by atoms with Gasteiger partial charge >= 0.3 is 5.97 Å². The fourth-order valence-electron chi connectivity index (χ4n) is 1.78. The van der Waals surface area contributed by atoms with E-state index in [9.17, 15) is 9.90 Å². The summed E-state index contributed by atoms with van der Waals surface area (Å²) < 4.78 is 5.51. The number of methoxy groups -OCH3 is 1. The minimum absolute atomic E-state index is 0.0132. The summed E-state index contributed by atoms with van der Waals surface area (Å²) in [6.45, 7) is 0. The van der Waals surface area contributed by atoms with Crippen molar-refractivity contribution >= 4 is 21.9 Å². The van der Waals surface area contributed by atoms with Crippen molar-refractivity contribution in [2.45, 2.75) is 18.3 Å². The quantitative estimate of drug-likeness (QED) is 0.895. The molecule has 1 saturated carbocycles. The molecule has 0 bridgehead atoms. The van der Waals surface area contributed by atoms with Crippen molar-refractivity contribution in [2.75, 3.05) is 7.11 Å². The zero-order valence-corrected chi connectivity index (χ0v) is 10.2. The number of phenolic OH excluding ortho intramolecular Hbond substituents is 1. The predicted octanol–water partition coefficient (Wildman–Crippen LogP) is 2.28. The summed E-state index contributed by atoms with van der Waals surface area (Å²) in [6.07, 6.45) is 1.10. The number of carbonyl (C=O) groups is 1. The van der Waals surface area contributed by atoms with Crippen LogP contribution in [0.4, 0.5) is 0 Å². The predicted molar refractivity (Wildman–Crippen MR) is 60.9 cm³/mol. The van der Waals surface area contributed by atoms with Crippen LogP contribution in [0.15, 0.2) is 16.6 Å². The lowest BCUT2D eigenvalue weighted by molar-refractivity contribution is -0.140. The third-order valence-electron chi connectivity index (χ3n) is 2.95. The first kappa shape index (κ1) is 11.3. The third kappa shape index (κ3) is 1.55. The molecule has 0 atom stereocenters. The smallest absolute Gasteiger partial charge is 0.314 e. The number of hydrogen-bond donors (Lipinski definition) is 2. The highest BCUT2D eigenvalue weighted by molar-refractivity contribution is 9.10. The van der Waals surface area contributed by atoms with Crippen molar-refractivity contribution in [3.8, 4) is 11.5 Å². The van der Waals surface area contributed by atoms with E-state index >= 15 is 0 Å². The summed E-state index contributed by atoms with van der Waals surface area (Å²) in [5.74, 6) is -0.379. The topological polar surface area (TPSA) is 66.8 Å². The molecule has 1 aliphatic carbocycles. The molecule has 16 heavy (non-hydrogen) atoms. The van der Waals surface area contributed by atoms with E-state index in [1.54, 1.807) is 12.1 Å². The van der Waals surface area contributed by atoms with Crippen LogP contribution < -0.4 is 4.74 Å². The Bertz CT molecular complexity index is 452. The zero-order chi connectivity index (χ0) is 11.9. The Morgan fingerprint density at radius 1 is 1.50 bits per heavy atom. The Kier molecular flexibility index (Phi) is 2.58. The van der Waals surface area contributed by atoms with Crippen LogP contribution in [0.1, 0.15) is 18.4 Å². The van der Waals surface area contributed by atoms with Crippen LogP contribution in [-0.4, -0.2) is 23.3 Å². The molecule has 0 aromatic heterocycles. The minimum atomic E-state index is -0.929. The summed E-state index contributed by atoms with van der Waals surface area (Å²) in [4.78, 5) is 11.2. The summed E-state index contributed by atoms with van der Waals surface area (Å²) in [5, 5.41) is 19.0. The maximum absolute atomic E-state index is 11.2. The van der Waals surface area contributed by atoms with Gasteiger partial charge in [0.1, 0.15) is 11.5 Å². The van der Waals surface area contributed by atoms with Gasteiger partial charge in [-0.15, -0.1) is 0 Å². The molecule has 0 unspecified atom stereocenters. The Balaban J connectivity index is 2.56. The largest absolute Gasteiger partial charge is 0.506 e. The fraction of sp³-hybridized carbons (Fsp3) is 0.364. The van der Waals surface area contributed by atoms with Gasteiger partial charge in [-0.2, -0.15) is 0 Å². The van der Waals surface area contributed by atoms with Gasteiger partial charge in [0.05, 0.1) is 17.0 Å². The van der Waals surface area contributed by atoms with Gasteiger partial charge < -0.3 is 14.9 Å². The van der Waals surface area contributed by atoms with Crippen molar-refractivity contribution in [3.63, 3.8) is 0 Å². The summed E-state index contributed by atoms with van der Waals surface area (Å²) in [6, 6.07) is 3.19. The molecule has 1 aliphatic rings. The molecule has 0 heterocycles. The molecule has 86 valence electrons. The van der Waals surface area contributed by atoms with Crippen LogP contribution in [0.5, 0.6) is 11.5 Å². The molecule has 2 rings (SSSR count). The molecule has 2 N–H and O–H groups in total. The molecule has 5 heteroatoms. The van der Waals surface area contributed by atoms with Crippen LogP contribution in [0, 0.1) is 0 Å². The number of ether oxygens (including phenoxy) is 1. The number of hydrogen-bond acceptors (Lipinski definition) is 3. The van der Waals surface area contributed by atoms with Gasteiger partial charge in [-0.1, -0.05) is 0 Å². The molecule has 0 amide bonds. The van der Waals surface area contributed by atoms with Crippen LogP contribution in [0.3, 0.4) is 0 Å². The van der Waals surface area contributed by atoms with Crippen molar-refractivity contribution in [2.24, 2.45) is 0 Å². The number of halogens is 1. The maximum atomic E-state index is 11.2. The van der Waals surface area contributed by atoms with E-state index in [2.05, 4.69) is 15.9 Å². The number of aromatic hydroxyl groups is 1. The van der Waals surface area contributed by atoms with Crippen molar-refractivity contribution in [3.05, 3.63) is 22.2 Å². The lowest BCUT2D eigenvalue weighted by atomic mass is 9.95. The standard InChI is InChI=1S/C11H11BrO4/c1-16-6-4-7(9(13)8(12)5-6)11(2-3-11)10(14)15/h4-5,13H,2-3H2,1H3,(H,14,15). The lowest BCUT2D eigenvalue weighted by Gasteiger charge is -2.14. The average molecular weight is 287 g/mol. The van der Waals surface area contributed by atoms with E-state index in [-0.39, 0.29) is 5.75 Å². The Morgan fingerprint density at radius 3 is 2.56 bits per heavy atom. The summed E-state index contributed by atoms with van der Waals surface area (Å²) >= 11 is 3.18. The zero-order valence-electron chi connectivity index (χ0n) is 8.66. The van der Waals surface area contributed by atoms with Crippen molar-refractivity contribution in [1.29, 1.82) is 0 Å².